The summed E-state index contributed by atoms with van der Waals surface area (Å²) in [6.07, 6.45) is 6.03. The van der Waals surface area contributed by atoms with Crippen molar-refractivity contribution >= 4 is 5.91 Å². The molecule has 2 rings (SSSR count). The first-order valence-electron chi connectivity index (χ1n) is 6.13. The molecule has 2 heterocycles. The largest absolute Gasteiger partial charge is 0.385 e. The van der Waals surface area contributed by atoms with Crippen LogP contribution < -0.4 is 0 Å². The number of hydrogen-bond donors (Lipinski definition) is 0. The van der Waals surface area contributed by atoms with Crippen molar-refractivity contribution in [3.63, 3.8) is 0 Å². The molecule has 0 bridgehead atoms. The molecule has 0 radical (unpaired) electrons. The number of morpholine rings is 1. The zero-order valence-electron chi connectivity index (χ0n) is 10.6. The summed E-state index contributed by atoms with van der Waals surface area (Å²) in [5.74, 6) is 0.110. The van der Waals surface area contributed by atoms with Crippen LogP contribution in [0.4, 0.5) is 0 Å². The highest BCUT2D eigenvalue weighted by Crippen LogP contribution is 2.09. The fraction of sp³-hybridized carbons (Fsp3) is 0.667. The molecule has 18 heavy (non-hydrogen) atoms. The normalized spacial score (nSPS) is 20.1. The lowest BCUT2D eigenvalue weighted by Gasteiger charge is -2.33. The molecule has 1 aliphatic rings. The maximum absolute atomic E-state index is 12.1. The molecule has 0 unspecified atom stereocenters. The van der Waals surface area contributed by atoms with Gasteiger partial charge in [0.1, 0.15) is 6.54 Å². The van der Waals surface area contributed by atoms with Gasteiger partial charge < -0.3 is 18.9 Å². The Morgan fingerprint density at radius 3 is 3.22 bits per heavy atom. The van der Waals surface area contributed by atoms with Gasteiger partial charge in [-0.05, 0) is 6.42 Å². The number of imidazole rings is 1. The van der Waals surface area contributed by atoms with Crippen LogP contribution in [0.2, 0.25) is 0 Å². The Hall–Kier alpha value is -1.40. The third-order valence-electron chi connectivity index (χ3n) is 3.01. The molecular formula is C12H19N3O3. The third-order valence-corrected chi connectivity index (χ3v) is 3.01. The summed E-state index contributed by atoms with van der Waals surface area (Å²) in [5.41, 5.74) is 0. The van der Waals surface area contributed by atoms with E-state index in [2.05, 4.69) is 4.98 Å². The SMILES string of the molecule is COCC[C@H]1CN(C(=O)Cn2ccnc2)CCO1. The van der Waals surface area contributed by atoms with Crippen molar-refractivity contribution in [2.75, 3.05) is 33.4 Å². The molecule has 1 saturated heterocycles. The molecule has 1 atom stereocenters. The number of hydrogen-bond acceptors (Lipinski definition) is 4. The highest BCUT2D eigenvalue weighted by molar-refractivity contribution is 5.76. The van der Waals surface area contributed by atoms with Crippen molar-refractivity contribution in [1.29, 1.82) is 0 Å². The first-order valence-corrected chi connectivity index (χ1v) is 6.13. The topological polar surface area (TPSA) is 56.6 Å². The van der Waals surface area contributed by atoms with Crippen LogP contribution in [-0.4, -0.2) is 59.9 Å². The van der Waals surface area contributed by atoms with Gasteiger partial charge in [-0.3, -0.25) is 4.79 Å². The van der Waals surface area contributed by atoms with E-state index >= 15 is 0 Å². The van der Waals surface area contributed by atoms with E-state index in [9.17, 15) is 4.79 Å². The van der Waals surface area contributed by atoms with E-state index in [1.165, 1.54) is 0 Å². The van der Waals surface area contributed by atoms with Crippen molar-refractivity contribution < 1.29 is 14.3 Å². The Morgan fingerprint density at radius 2 is 2.50 bits per heavy atom. The summed E-state index contributed by atoms with van der Waals surface area (Å²) in [4.78, 5) is 17.9. The smallest absolute Gasteiger partial charge is 0.242 e. The Bertz CT molecular complexity index is 367. The van der Waals surface area contributed by atoms with Gasteiger partial charge in [0.15, 0.2) is 0 Å². The number of carbonyl (C=O) groups excluding carboxylic acids is 1. The lowest BCUT2D eigenvalue weighted by atomic mass is 10.2. The predicted octanol–water partition coefficient (Wildman–Crippen LogP) is 0.147. The first kappa shape index (κ1) is 13.0. The van der Waals surface area contributed by atoms with Crippen molar-refractivity contribution in [1.82, 2.24) is 14.5 Å². The van der Waals surface area contributed by atoms with Crippen LogP contribution in [0.5, 0.6) is 0 Å². The quantitative estimate of drug-likeness (QED) is 0.749. The minimum Gasteiger partial charge on any atom is -0.385 e. The fourth-order valence-corrected chi connectivity index (χ4v) is 2.01. The van der Waals surface area contributed by atoms with Crippen molar-refractivity contribution in [2.45, 2.75) is 19.1 Å². The monoisotopic (exact) mass is 253 g/mol. The third kappa shape index (κ3) is 3.54. The van der Waals surface area contributed by atoms with E-state index in [1.807, 2.05) is 4.90 Å². The molecule has 1 aliphatic heterocycles. The molecule has 0 aromatic carbocycles. The minimum absolute atomic E-state index is 0.0884. The van der Waals surface area contributed by atoms with Gasteiger partial charge in [-0.1, -0.05) is 0 Å². The number of carbonyl (C=O) groups is 1. The van der Waals surface area contributed by atoms with Gasteiger partial charge in [-0.25, -0.2) is 4.98 Å². The van der Waals surface area contributed by atoms with E-state index in [0.29, 0.717) is 32.8 Å². The average Bonchev–Trinajstić information content (AvgIpc) is 2.89. The molecule has 6 nitrogen and oxygen atoms in total. The van der Waals surface area contributed by atoms with E-state index in [1.54, 1.807) is 30.4 Å². The highest BCUT2D eigenvalue weighted by atomic mass is 16.5. The second-order valence-electron chi connectivity index (χ2n) is 4.35. The number of aromatic nitrogens is 2. The molecule has 1 aromatic heterocycles. The summed E-state index contributed by atoms with van der Waals surface area (Å²) in [6.45, 7) is 2.92. The van der Waals surface area contributed by atoms with E-state index in [4.69, 9.17) is 9.47 Å². The highest BCUT2D eigenvalue weighted by Gasteiger charge is 2.23. The first-order chi connectivity index (χ1) is 8.79. The maximum Gasteiger partial charge on any atom is 0.242 e. The van der Waals surface area contributed by atoms with Crippen LogP contribution in [0.1, 0.15) is 6.42 Å². The molecule has 0 spiro atoms. The number of rotatable bonds is 5. The van der Waals surface area contributed by atoms with Crippen LogP contribution >= 0.6 is 0 Å². The summed E-state index contributed by atoms with van der Waals surface area (Å²) in [7, 11) is 1.67. The van der Waals surface area contributed by atoms with Crippen molar-refractivity contribution in [3.05, 3.63) is 18.7 Å². The van der Waals surface area contributed by atoms with Crippen LogP contribution in [0, 0.1) is 0 Å². The van der Waals surface area contributed by atoms with Gasteiger partial charge in [0.05, 0.1) is 19.0 Å². The summed E-state index contributed by atoms with van der Waals surface area (Å²) in [5, 5.41) is 0. The number of methoxy groups -OCH3 is 1. The summed E-state index contributed by atoms with van der Waals surface area (Å²) < 4.78 is 12.4. The molecule has 1 amide bonds. The van der Waals surface area contributed by atoms with Gasteiger partial charge in [0, 0.05) is 39.2 Å². The van der Waals surface area contributed by atoms with Gasteiger partial charge in [-0.2, -0.15) is 0 Å². The van der Waals surface area contributed by atoms with E-state index in [0.717, 1.165) is 6.42 Å². The predicted molar refractivity (Wildman–Crippen MR) is 65.0 cm³/mol. The summed E-state index contributed by atoms with van der Waals surface area (Å²) in [6, 6.07) is 0. The molecule has 0 N–H and O–H groups in total. The van der Waals surface area contributed by atoms with Gasteiger partial charge in [0.25, 0.3) is 0 Å². The van der Waals surface area contributed by atoms with Gasteiger partial charge >= 0.3 is 0 Å². The van der Waals surface area contributed by atoms with E-state index in [-0.39, 0.29) is 12.0 Å². The van der Waals surface area contributed by atoms with Gasteiger partial charge in [-0.15, -0.1) is 0 Å². The Morgan fingerprint density at radius 1 is 1.61 bits per heavy atom. The number of amides is 1. The molecule has 6 heteroatoms. The Balaban J connectivity index is 1.82. The van der Waals surface area contributed by atoms with Crippen LogP contribution in [0.25, 0.3) is 0 Å². The number of ether oxygens (including phenoxy) is 2. The molecule has 0 saturated carbocycles. The summed E-state index contributed by atoms with van der Waals surface area (Å²) >= 11 is 0. The Labute approximate surface area is 106 Å². The molecule has 1 aromatic rings. The molecular weight excluding hydrogens is 234 g/mol. The molecule has 0 aliphatic carbocycles. The standard InChI is InChI=1S/C12H19N3O3/c1-17-6-2-11-8-15(5-7-18-11)12(16)9-14-4-3-13-10-14/h3-4,10-11H,2,5-9H2,1H3/t11-/m0/s1. The van der Waals surface area contributed by atoms with Crippen molar-refractivity contribution in [2.24, 2.45) is 0 Å². The molecule has 100 valence electrons. The van der Waals surface area contributed by atoms with Gasteiger partial charge in [0.2, 0.25) is 5.91 Å². The zero-order chi connectivity index (χ0) is 12.8. The van der Waals surface area contributed by atoms with Crippen LogP contribution in [-0.2, 0) is 20.8 Å². The second kappa shape index (κ2) is 6.51. The Kier molecular flexibility index (Phi) is 4.72. The van der Waals surface area contributed by atoms with Crippen LogP contribution in [0.15, 0.2) is 18.7 Å². The minimum atomic E-state index is 0.0884. The van der Waals surface area contributed by atoms with Crippen LogP contribution in [0.3, 0.4) is 0 Å². The zero-order valence-corrected chi connectivity index (χ0v) is 10.6. The number of nitrogens with zero attached hydrogens (tertiary/aromatic N) is 3. The lowest BCUT2D eigenvalue weighted by molar-refractivity contribution is -0.140. The average molecular weight is 253 g/mol. The fourth-order valence-electron chi connectivity index (χ4n) is 2.01. The molecule has 1 fully saturated rings. The second-order valence-corrected chi connectivity index (χ2v) is 4.35. The maximum atomic E-state index is 12.1. The van der Waals surface area contributed by atoms with Crippen molar-refractivity contribution in [3.8, 4) is 0 Å². The lowest BCUT2D eigenvalue weighted by Crippen LogP contribution is -2.47. The van der Waals surface area contributed by atoms with E-state index < -0.39 is 0 Å².